The van der Waals surface area contributed by atoms with Crippen molar-refractivity contribution < 1.29 is 4.42 Å². The summed E-state index contributed by atoms with van der Waals surface area (Å²) in [5, 5.41) is 1.20. The average molecular weight is 334 g/mol. The van der Waals surface area contributed by atoms with Crippen molar-refractivity contribution in [3.05, 3.63) is 47.2 Å². The summed E-state index contributed by atoms with van der Waals surface area (Å²) in [6.07, 6.45) is 1.68. The van der Waals surface area contributed by atoms with Crippen LogP contribution in [-0.2, 0) is 5.75 Å². The number of nitrogens with two attached hydrogens (primary N) is 1. The molecule has 0 bridgehead atoms. The summed E-state index contributed by atoms with van der Waals surface area (Å²) in [7, 11) is 0. The van der Waals surface area contributed by atoms with E-state index in [0.29, 0.717) is 33.4 Å². The Labute approximate surface area is 136 Å². The number of hydrogen-bond donors (Lipinski definition) is 1. The topological polar surface area (TPSA) is 90.7 Å². The predicted molar refractivity (Wildman–Crippen MR) is 85.5 cm³/mol. The molecule has 0 radical (unpaired) electrons. The van der Waals surface area contributed by atoms with Crippen molar-refractivity contribution in [3.63, 3.8) is 0 Å². The Morgan fingerprint density at radius 3 is 2.91 bits per heavy atom. The second-order valence-corrected chi connectivity index (χ2v) is 5.82. The molecular formula is C14H12ClN5OS. The monoisotopic (exact) mass is 333 g/mol. The molecular weight excluding hydrogens is 322 g/mol. The number of rotatable bonds is 4. The van der Waals surface area contributed by atoms with E-state index in [2.05, 4.69) is 19.9 Å². The number of hydrogen-bond acceptors (Lipinski definition) is 7. The molecule has 0 amide bonds. The fourth-order valence-corrected chi connectivity index (χ4v) is 2.75. The average Bonchev–Trinajstić information content (AvgIpc) is 2.93. The molecule has 0 unspecified atom stereocenters. The van der Waals surface area contributed by atoms with Crippen molar-refractivity contribution in [2.24, 2.45) is 0 Å². The standard InChI is InChI=1S/C14H12ClN5OS/c1-8-18-13(16)20-14(19-8)22-7-12-17-6-11(21-12)9-3-2-4-10(15)5-9/h2-6H,7H2,1H3,(H2,16,18,19,20). The smallest absolute Gasteiger partial charge is 0.224 e. The van der Waals surface area contributed by atoms with Crippen LogP contribution in [0.2, 0.25) is 5.02 Å². The zero-order valence-electron chi connectivity index (χ0n) is 11.7. The van der Waals surface area contributed by atoms with E-state index in [4.69, 9.17) is 21.8 Å². The van der Waals surface area contributed by atoms with Crippen LogP contribution in [0, 0.1) is 6.92 Å². The summed E-state index contributed by atoms with van der Waals surface area (Å²) >= 11 is 7.36. The van der Waals surface area contributed by atoms with Gasteiger partial charge in [0, 0.05) is 10.6 Å². The molecule has 0 fully saturated rings. The van der Waals surface area contributed by atoms with E-state index in [9.17, 15) is 0 Å². The van der Waals surface area contributed by atoms with Crippen LogP contribution in [0.5, 0.6) is 0 Å². The van der Waals surface area contributed by atoms with Gasteiger partial charge in [0.1, 0.15) is 5.82 Å². The van der Waals surface area contributed by atoms with Crippen molar-refractivity contribution in [3.8, 4) is 11.3 Å². The van der Waals surface area contributed by atoms with Crippen LogP contribution < -0.4 is 5.73 Å². The van der Waals surface area contributed by atoms with Crippen molar-refractivity contribution in [1.82, 2.24) is 19.9 Å². The summed E-state index contributed by atoms with van der Waals surface area (Å²) in [6.45, 7) is 1.77. The number of aromatic nitrogens is 4. The zero-order chi connectivity index (χ0) is 15.5. The van der Waals surface area contributed by atoms with Crippen LogP contribution in [0.25, 0.3) is 11.3 Å². The van der Waals surface area contributed by atoms with E-state index in [1.807, 2.05) is 24.3 Å². The molecule has 0 aliphatic rings. The van der Waals surface area contributed by atoms with Gasteiger partial charge >= 0.3 is 0 Å². The molecule has 6 nitrogen and oxygen atoms in total. The number of thioether (sulfide) groups is 1. The first-order chi connectivity index (χ1) is 10.6. The number of nitrogen functional groups attached to an aromatic ring is 1. The fraction of sp³-hybridized carbons (Fsp3) is 0.143. The van der Waals surface area contributed by atoms with Crippen molar-refractivity contribution >= 4 is 29.3 Å². The SMILES string of the molecule is Cc1nc(N)nc(SCc2ncc(-c3cccc(Cl)c3)o2)n1. The van der Waals surface area contributed by atoms with E-state index in [1.165, 1.54) is 11.8 Å². The number of nitrogens with zero attached hydrogens (tertiary/aromatic N) is 4. The predicted octanol–water partition coefficient (Wildman–Crippen LogP) is 3.36. The third kappa shape index (κ3) is 3.55. The van der Waals surface area contributed by atoms with Crippen LogP contribution in [0.15, 0.2) is 40.0 Å². The van der Waals surface area contributed by atoms with Crippen molar-refractivity contribution in [2.45, 2.75) is 17.8 Å². The minimum atomic E-state index is 0.210. The van der Waals surface area contributed by atoms with E-state index in [0.717, 1.165) is 5.56 Å². The number of oxazole rings is 1. The molecule has 0 saturated carbocycles. The van der Waals surface area contributed by atoms with E-state index < -0.39 is 0 Å². The van der Waals surface area contributed by atoms with Gasteiger partial charge < -0.3 is 10.2 Å². The van der Waals surface area contributed by atoms with Gasteiger partial charge in [-0.05, 0) is 19.1 Å². The lowest BCUT2D eigenvalue weighted by Crippen LogP contribution is -2.01. The number of anilines is 1. The van der Waals surface area contributed by atoms with Gasteiger partial charge in [-0.15, -0.1) is 0 Å². The molecule has 0 atom stereocenters. The van der Waals surface area contributed by atoms with Gasteiger partial charge in [0.2, 0.25) is 11.8 Å². The largest absolute Gasteiger partial charge is 0.440 e. The first-order valence-electron chi connectivity index (χ1n) is 6.42. The van der Waals surface area contributed by atoms with Crippen LogP contribution in [0.1, 0.15) is 11.7 Å². The lowest BCUT2D eigenvalue weighted by Gasteiger charge is -2.00. The Kier molecular flexibility index (Phi) is 4.26. The van der Waals surface area contributed by atoms with Gasteiger partial charge in [-0.2, -0.15) is 9.97 Å². The molecule has 2 aromatic heterocycles. The molecule has 0 aliphatic carbocycles. The summed E-state index contributed by atoms with van der Waals surface area (Å²) in [5.74, 6) is 2.55. The van der Waals surface area contributed by atoms with Gasteiger partial charge in [-0.1, -0.05) is 35.5 Å². The van der Waals surface area contributed by atoms with Crippen molar-refractivity contribution in [1.29, 1.82) is 0 Å². The summed E-state index contributed by atoms with van der Waals surface area (Å²) in [6, 6.07) is 7.42. The van der Waals surface area contributed by atoms with Crippen molar-refractivity contribution in [2.75, 3.05) is 5.73 Å². The van der Waals surface area contributed by atoms with Crippen LogP contribution >= 0.6 is 23.4 Å². The summed E-state index contributed by atoms with van der Waals surface area (Å²) < 4.78 is 5.71. The Balaban J connectivity index is 1.72. The second kappa shape index (κ2) is 6.33. The van der Waals surface area contributed by atoms with E-state index >= 15 is 0 Å². The molecule has 22 heavy (non-hydrogen) atoms. The molecule has 112 valence electrons. The highest BCUT2D eigenvalue weighted by Crippen LogP contribution is 2.26. The molecule has 3 aromatic rings. The molecule has 2 heterocycles. The summed E-state index contributed by atoms with van der Waals surface area (Å²) in [4.78, 5) is 16.4. The third-order valence-electron chi connectivity index (χ3n) is 2.73. The molecule has 8 heteroatoms. The van der Waals surface area contributed by atoms with Gasteiger partial charge in [0.05, 0.1) is 11.9 Å². The van der Waals surface area contributed by atoms with E-state index in [1.54, 1.807) is 13.1 Å². The Hall–Kier alpha value is -2.12. The third-order valence-corrected chi connectivity index (χ3v) is 3.80. The van der Waals surface area contributed by atoms with Gasteiger partial charge in [-0.3, -0.25) is 0 Å². The Morgan fingerprint density at radius 1 is 1.27 bits per heavy atom. The molecule has 1 aromatic carbocycles. The van der Waals surface area contributed by atoms with E-state index in [-0.39, 0.29) is 5.95 Å². The first-order valence-corrected chi connectivity index (χ1v) is 7.78. The lowest BCUT2D eigenvalue weighted by molar-refractivity contribution is 0.530. The molecule has 0 spiro atoms. The maximum absolute atomic E-state index is 5.97. The number of benzene rings is 1. The molecule has 0 aliphatic heterocycles. The lowest BCUT2D eigenvalue weighted by atomic mass is 10.2. The molecule has 2 N–H and O–H groups in total. The highest BCUT2D eigenvalue weighted by molar-refractivity contribution is 7.98. The normalized spacial score (nSPS) is 10.8. The second-order valence-electron chi connectivity index (χ2n) is 4.44. The van der Waals surface area contributed by atoms with Gasteiger partial charge in [0.25, 0.3) is 0 Å². The Morgan fingerprint density at radius 2 is 2.14 bits per heavy atom. The minimum absolute atomic E-state index is 0.210. The zero-order valence-corrected chi connectivity index (χ0v) is 13.2. The number of aryl methyl sites for hydroxylation is 1. The van der Waals surface area contributed by atoms with Crippen LogP contribution in [0.3, 0.4) is 0 Å². The quantitative estimate of drug-likeness (QED) is 0.732. The first kappa shape index (κ1) is 14.8. The maximum Gasteiger partial charge on any atom is 0.224 e. The highest BCUT2D eigenvalue weighted by atomic mass is 35.5. The van der Waals surface area contributed by atoms with Gasteiger partial charge in [-0.25, -0.2) is 9.97 Å². The van der Waals surface area contributed by atoms with Gasteiger partial charge in [0.15, 0.2) is 10.9 Å². The molecule has 0 saturated heterocycles. The van der Waals surface area contributed by atoms with Crippen LogP contribution in [-0.4, -0.2) is 19.9 Å². The minimum Gasteiger partial charge on any atom is -0.440 e. The highest BCUT2D eigenvalue weighted by Gasteiger charge is 2.09. The molecule has 3 rings (SSSR count). The summed E-state index contributed by atoms with van der Waals surface area (Å²) in [5.41, 5.74) is 6.48. The fourth-order valence-electron chi connectivity index (χ4n) is 1.82. The van der Waals surface area contributed by atoms with Crippen LogP contribution in [0.4, 0.5) is 5.95 Å². The maximum atomic E-state index is 5.97. The Bertz CT molecular complexity index is 787. The number of halogens is 1.